The van der Waals surface area contributed by atoms with E-state index in [0.717, 1.165) is 24.5 Å². The standard InChI is InChI=1S/C20H25N3O3S/c1-14-12-23(13-15(2)26-14)17-7-4-3-6-16(17)22-19(24)9-10-21-20(25)18-8-5-11-27-18/h3-8,11,14-15H,9-10,12-13H2,1-2H3,(H,21,25)(H,22,24). The third-order valence-corrected chi connectivity index (χ3v) is 5.19. The van der Waals surface area contributed by atoms with Crippen molar-refractivity contribution in [3.05, 3.63) is 46.7 Å². The Morgan fingerprint density at radius 1 is 1.15 bits per heavy atom. The summed E-state index contributed by atoms with van der Waals surface area (Å²) in [6, 6.07) is 11.4. The molecule has 2 heterocycles. The summed E-state index contributed by atoms with van der Waals surface area (Å²) in [6.07, 6.45) is 0.511. The fourth-order valence-electron chi connectivity index (χ4n) is 3.23. The van der Waals surface area contributed by atoms with Crippen LogP contribution in [0.1, 0.15) is 29.9 Å². The van der Waals surface area contributed by atoms with Crippen molar-refractivity contribution in [1.82, 2.24) is 5.32 Å². The smallest absolute Gasteiger partial charge is 0.261 e. The van der Waals surface area contributed by atoms with Gasteiger partial charge in [-0.1, -0.05) is 18.2 Å². The molecule has 1 aromatic carbocycles. The van der Waals surface area contributed by atoms with Gasteiger partial charge >= 0.3 is 0 Å². The molecule has 144 valence electrons. The van der Waals surface area contributed by atoms with Gasteiger partial charge in [-0.15, -0.1) is 11.3 Å². The topological polar surface area (TPSA) is 70.7 Å². The Balaban J connectivity index is 1.55. The highest BCUT2D eigenvalue weighted by Gasteiger charge is 2.24. The number of hydrogen-bond donors (Lipinski definition) is 2. The highest BCUT2D eigenvalue weighted by molar-refractivity contribution is 7.12. The van der Waals surface area contributed by atoms with E-state index in [1.807, 2.05) is 35.7 Å². The van der Waals surface area contributed by atoms with Crippen LogP contribution in [0.15, 0.2) is 41.8 Å². The predicted molar refractivity (Wildman–Crippen MR) is 109 cm³/mol. The normalized spacial score (nSPS) is 19.6. The third kappa shape index (κ3) is 5.30. The first kappa shape index (κ1) is 19.4. The molecule has 0 radical (unpaired) electrons. The van der Waals surface area contributed by atoms with Crippen molar-refractivity contribution < 1.29 is 14.3 Å². The van der Waals surface area contributed by atoms with Gasteiger partial charge in [0.2, 0.25) is 5.91 Å². The van der Waals surface area contributed by atoms with Crippen LogP contribution in [0, 0.1) is 0 Å². The van der Waals surface area contributed by atoms with E-state index >= 15 is 0 Å². The Hall–Kier alpha value is -2.38. The number of para-hydroxylation sites is 2. The zero-order valence-electron chi connectivity index (χ0n) is 15.6. The number of nitrogens with zero attached hydrogens (tertiary/aromatic N) is 1. The van der Waals surface area contributed by atoms with Crippen molar-refractivity contribution in [3.8, 4) is 0 Å². The van der Waals surface area contributed by atoms with Gasteiger partial charge in [-0.3, -0.25) is 9.59 Å². The fraction of sp³-hybridized carbons (Fsp3) is 0.400. The van der Waals surface area contributed by atoms with Crippen molar-refractivity contribution in [3.63, 3.8) is 0 Å². The molecule has 7 heteroatoms. The molecule has 1 fully saturated rings. The number of carbonyl (C=O) groups excluding carboxylic acids is 2. The predicted octanol–water partition coefficient (Wildman–Crippen LogP) is 3.12. The highest BCUT2D eigenvalue weighted by Crippen LogP contribution is 2.28. The van der Waals surface area contributed by atoms with E-state index in [4.69, 9.17) is 4.74 Å². The minimum absolute atomic E-state index is 0.122. The number of morpholine rings is 1. The molecule has 1 aliphatic rings. The van der Waals surface area contributed by atoms with Crippen molar-refractivity contribution in [1.29, 1.82) is 0 Å². The van der Waals surface area contributed by atoms with Gasteiger partial charge < -0.3 is 20.3 Å². The maximum atomic E-state index is 12.3. The maximum absolute atomic E-state index is 12.3. The Kier molecular flexibility index (Phi) is 6.47. The van der Waals surface area contributed by atoms with Gasteiger partial charge in [-0.2, -0.15) is 0 Å². The SMILES string of the molecule is CC1CN(c2ccccc2NC(=O)CCNC(=O)c2cccs2)CC(C)O1. The van der Waals surface area contributed by atoms with Crippen molar-refractivity contribution in [2.45, 2.75) is 32.5 Å². The van der Waals surface area contributed by atoms with E-state index in [0.29, 0.717) is 11.4 Å². The van der Waals surface area contributed by atoms with Crippen LogP contribution in [0.25, 0.3) is 0 Å². The second-order valence-corrected chi connectivity index (χ2v) is 7.66. The molecule has 6 nitrogen and oxygen atoms in total. The Morgan fingerprint density at radius 2 is 1.89 bits per heavy atom. The molecule has 0 bridgehead atoms. The molecule has 0 saturated carbocycles. The number of rotatable bonds is 6. The number of thiophene rings is 1. The van der Waals surface area contributed by atoms with E-state index in [1.165, 1.54) is 11.3 Å². The lowest BCUT2D eigenvalue weighted by atomic mass is 10.1. The lowest BCUT2D eigenvalue weighted by Crippen LogP contribution is -2.45. The number of ether oxygens (including phenoxy) is 1. The van der Waals surface area contributed by atoms with Crippen molar-refractivity contribution in [2.75, 3.05) is 29.9 Å². The summed E-state index contributed by atoms with van der Waals surface area (Å²) in [4.78, 5) is 27.2. The van der Waals surface area contributed by atoms with E-state index < -0.39 is 0 Å². The van der Waals surface area contributed by atoms with E-state index in [9.17, 15) is 9.59 Å². The number of anilines is 2. The number of amides is 2. The molecular weight excluding hydrogens is 362 g/mol. The summed E-state index contributed by atoms with van der Waals surface area (Å²) in [5, 5.41) is 7.60. The zero-order chi connectivity index (χ0) is 19.2. The summed E-state index contributed by atoms with van der Waals surface area (Å²) in [6.45, 7) is 5.98. The van der Waals surface area contributed by atoms with Crippen LogP contribution in [-0.2, 0) is 9.53 Å². The number of benzene rings is 1. The van der Waals surface area contributed by atoms with Crippen LogP contribution in [0.2, 0.25) is 0 Å². The van der Waals surface area contributed by atoms with Gasteiger partial charge in [0, 0.05) is 26.1 Å². The fourth-order valence-corrected chi connectivity index (χ4v) is 3.87. The molecule has 0 aliphatic carbocycles. The van der Waals surface area contributed by atoms with Crippen LogP contribution in [-0.4, -0.2) is 43.7 Å². The minimum Gasteiger partial charge on any atom is -0.372 e. The summed E-state index contributed by atoms with van der Waals surface area (Å²) in [7, 11) is 0. The molecule has 3 rings (SSSR count). The molecule has 1 aliphatic heterocycles. The van der Waals surface area contributed by atoms with Crippen LogP contribution >= 0.6 is 11.3 Å². The number of hydrogen-bond acceptors (Lipinski definition) is 5. The monoisotopic (exact) mass is 387 g/mol. The highest BCUT2D eigenvalue weighted by atomic mass is 32.1. The van der Waals surface area contributed by atoms with Crippen molar-refractivity contribution in [2.24, 2.45) is 0 Å². The van der Waals surface area contributed by atoms with Crippen LogP contribution in [0.4, 0.5) is 11.4 Å². The second-order valence-electron chi connectivity index (χ2n) is 6.71. The lowest BCUT2D eigenvalue weighted by molar-refractivity contribution is -0.116. The molecule has 1 aromatic heterocycles. The van der Waals surface area contributed by atoms with Crippen LogP contribution in [0.3, 0.4) is 0 Å². The molecular formula is C20H25N3O3S. The van der Waals surface area contributed by atoms with Crippen LogP contribution < -0.4 is 15.5 Å². The summed E-state index contributed by atoms with van der Waals surface area (Å²) >= 11 is 1.38. The maximum Gasteiger partial charge on any atom is 0.261 e. The van der Waals surface area contributed by atoms with Gasteiger partial charge in [0.15, 0.2) is 0 Å². The van der Waals surface area contributed by atoms with Crippen LogP contribution in [0.5, 0.6) is 0 Å². The Morgan fingerprint density at radius 3 is 2.59 bits per heavy atom. The molecule has 2 aromatic rings. The Labute approximate surface area is 163 Å². The summed E-state index contributed by atoms with van der Waals surface area (Å²) in [5.41, 5.74) is 1.78. The van der Waals surface area contributed by atoms with E-state index in [1.54, 1.807) is 6.07 Å². The van der Waals surface area contributed by atoms with E-state index in [-0.39, 0.29) is 30.4 Å². The minimum atomic E-state index is -0.144. The zero-order valence-corrected chi connectivity index (χ0v) is 16.4. The molecule has 27 heavy (non-hydrogen) atoms. The van der Waals surface area contributed by atoms with Gasteiger partial charge in [-0.25, -0.2) is 0 Å². The average Bonchev–Trinajstić information content (AvgIpc) is 3.16. The first-order chi connectivity index (χ1) is 13.0. The molecule has 1 saturated heterocycles. The van der Waals surface area contributed by atoms with E-state index in [2.05, 4.69) is 29.4 Å². The number of nitrogens with one attached hydrogen (secondary N) is 2. The molecule has 2 amide bonds. The largest absolute Gasteiger partial charge is 0.372 e. The quantitative estimate of drug-likeness (QED) is 0.799. The first-order valence-electron chi connectivity index (χ1n) is 9.14. The Bertz CT molecular complexity index is 769. The van der Waals surface area contributed by atoms with Crippen molar-refractivity contribution >= 4 is 34.5 Å². The van der Waals surface area contributed by atoms with Gasteiger partial charge in [0.05, 0.1) is 28.5 Å². The van der Waals surface area contributed by atoms with Gasteiger partial charge in [0.1, 0.15) is 0 Å². The lowest BCUT2D eigenvalue weighted by Gasteiger charge is -2.37. The van der Waals surface area contributed by atoms with Gasteiger partial charge in [0.25, 0.3) is 5.91 Å². The molecule has 2 N–H and O–H groups in total. The second kappa shape index (κ2) is 9.01. The summed E-state index contributed by atoms with van der Waals surface area (Å²) in [5.74, 6) is -0.266. The number of carbonyl (C=O) groups is 2. The molecule has 2 unspecified atom stereocenters. The summed E-state index contributed by atoms with van der Waals surface area (Å²) < 4.78 is 5.80. The molecule has 2 atom stereocenters. The molecule has 0 spiro atoms. The average molecular weight is 388 g/mol. The first-order valence-corrected chi connectivity index (χ1v) is 10.0. The third-order valence-electron chi connectivity index (χ3n) is 4.32. The van der Waals surface area contributed by atoms with Gasteiger partial charge in [-0.05, 0) is 37.4 Å².